The van der Waals surface area contributed by atoms with E-state index in [2.05, 4.69) is 9.61 Å². The van der Waals surface area contributed by atoms with Crippen LogP contribution in [0, 0.1) is 29.1 Å². The number of benzene rings is 2. The molecule has 7 nitrogen and oxygen atoms in total. The third kappa shape index (κ3) is 6.18. The van der Waals surface area contributed by atoms with Crippen molar-refractivity contribution in [3.05, 3.63) is 59.4 Å². The van der Waals surface area contributed by atoms with Crippen LogP contribution < -0.4 is 14.1 Å². The third-order valence-electron chi connectivity index (χ3n) is 3.77. The van der Waals surface area contributed by atoms with Gasteiger partial charge in [-0.2, -0.15) is 13.9 Å². The maximum atomic E-state index is 14.1. The van der Waals surface area contributed by atoms with Gasteiger partial charge in [0.25, 0.3) is 0 Å². The number of hydrogen-bond donors (Lipinski definition) is 1. The van der Waals surface area contributed by atoms with E-state index in [1.54, 1.807) is 6.07 Å². The summed E-state index contributed by atoms with van der Waals surface area (Å²) in [4.78, 5) is 12.2. The molecule has 176 valence electrons. The molecule has 0 saturated heterocycles. The molecule has 0 saturated carbocycles. The SMILES string of the molecule is COCC(C)OC(=O)[C@H](C)NP(=O)(Oc1ccccc1)Oc1c(F)c(F)c(F)c(F)c1F. The highest BCUT2D eigenvalue weighted by Gasteiger charge is 2.38. The summed E-state index contributed by atoms with van der Waals surface area (Å²) in [5.74, 6) is -14.8. The van der Waals surface area contributed by atoms with Gasteiger partial charge in [-0.1, -0.05) is 18.2 Å². The van der Waals surface area contributed by atoms with Crippen molar-refractivity contribution in [1.82, 2.24) is 5.09 Å². The van der Waals surface area contributed by atoms with Gasteiger partial charge in [0.05, 0.1) is 6.61 Å². The van der Waals surface area contributed by atoms with Gasteiger partial charge in [-0.05, 0) is 26.0 Å². The number of carbonyl (C=O) groups excluding carboxylic acids is 1. The first kappa shape index (κ1) is 25.6. The summed E-state index contributed by atoms with van der Waals surface area (Å²) in [7, 11) is -3.59. The maximum Gasteiger partial charge on any atom is 0.513 e. The number of halogens is 5. The lowest BCUT2D eigenvalue weighted by atomic mass is 10.3. The van der Waals surface area contributed by atoms with Crippen LogP contribution in [0.3, 0.4) is 0 Å². The summed E-state index contributed by atoms with van der Waals surface area (Å²) < 4.78 is 101. The Balaban J connectivity index is 2.39. The maximum absolute atomic E-state index is 14.1. The number of esters is 1. The van der Waals surface area contributed by atoms with Gasteiger partial charge in [-0.3, -0.25) is 4.79 Å². The Morgan fingerprint density at radius 2 is 1.47 bits per heavy atom. The molecular formula is C19H19F5NO6P. The second-order valence-electron chi connectivity index (χ2n) is 6.45. The van der Waals surface area contributed by atoms with Crippen LogP contribution in [-0.2, 0) is 18.8 Å². The molecule has 13 heteroatoms. The molecular weight excluding hydrogens is 464 g/mol. The van der Waals surface area contributed by atoms with Gasteiger partial charge in [-0.25, -0.2) is 17.7 Å². The van der Waals surface area contributed by atoms with E-state index in [4.69, 9.17) is 14.0 Å². The molecule has 0 radical (unpaired) electrons. The Morgan fingerprint density at radius 1 is 0.938 bits per heavy atom. The Hall–Kier alpha value is -2.69. The molecule has 2 unspecified atom stereocenters. The number of ether oxygens (including phenoxy) is 2. The van der Waals surface area contributed by atoms with Crippen molar-refractivity contribution in [2.75, 3.05) is 13.7 Å². The highest BCUT2D eigenvalue weighted by Crippen LogP contribution is 2.47. The third-order valence-corrected chi connectivity index (χ3v) is 5.35. The van der Waals surface area contributed by atoms with Gasteiger partial charge in [0.1, 0.15) is 17.9 Å². The molecule has 1 N–H and O–H groups in total. The molecule has 2 rings (SSSR count). The lowest BCUT2D eigenvalue weighted by molar-refractivity contribution is -0.152. The molecule has 2 aromatic rings. The van der Waals surface area contributed by atoms with Gasteiger partial charge in [-0.15, -0.1) is 0 Å². The molecule has 0 amide bonds. The molecule has 0 fully saturated rings. The molecule has 2 aromatic carbocycles. The predicted octanol–water partition coefficient (Wildman–Crippen LogP) is 4.50. The smallest absolute Gasteiger partial charge is 0.459 e. The van der Waals surface area contributed by atoms with Crippen LogP contribution in [0.25, 0.3) is 0 Å². The molecule has 0 bridgehead atoms. The van der Waals surface area contributed by atoms with Crippen LogP contribution in [-0.4, -0.2) is 31.8 Å². The van der Waals surface area contributed by atoms with Crippen LogP contribution in [0.2, 0.25) is 0 Å². The van der Waals surface area contributed by atoms with E-state index >= 15 is 0 Å². The molecule has 0 aliphatic carbocycles. The first-order valence-corrected chi connectivity index (χ1v) is 10.6. The Kier molecular flexibility index (Phi) is 8.59. The zero-order chi connectivity index (χ0) is 24.1. The highest BCUT2D eigenvalue weighted by atomic mass is 31.2. The molecule has 0 spiro atoms. The van der Waals surface area contributed by atoms with Crippen molar-refractivity contribution in [1.29, 1.82) is 0 Å². The molecule has 32 heavy (non-hydrogen) atoms. The van der Waals surface area contributed by atoms with Crippen LogP contribution >= 0.6 is 7.75 Å². The first-order valence-electron chi connectivity index (χ1n) is 9.02. The summed E-state index contributed by atoms with van der Waals surface area (Å²) in [5, 5.41) is 2.07. The minimum atomic E-state index is -4.96. The second-order valence-corrected chi connectivity index (χ2v) is 8.06. The predicted molar refractivity (Wildman–Crippen MR) is 102 cm³/mol. The summed E-state index contributed by atoms with van der Waals surface area (Å²) >= 11 is 0. The lowest BCUT2D eigenvalue weighted by Crippen LogP contribution is -2.38. The van der Waals surface area contributed by atoms with Crippen LogP contribution in [0.15, 0.2) is 30.3 Å². The van der Waals surface area contributed by atoms with E-state index in [-0.39, 0.29) is 12.4 Å². The largest absolute Gasteiger partial charge is 0.513 e. The molecule has 0 heterocycles. The number of hydrogen-bond acceptors (Lipinski definition) is 6. The van der Waals surface area contributed by atoms with Crippen molar-refractivity contribution >= 4 is 13.7 Å². The van der Waals surface area contributed by atoms with Crippen LogP contribution in [0.1, 0.15) is 13.8 Å². The number of nitrogens with one attached hydrogen (secondary N) is 1. The van der Waals surface area contributed by atoms with Crippen molar-refractivity contribution in [3.63, 3.8) is 0 Å². The number of methoxy groups -OCH3 is 1. The van der Waals surface area contributed by atoms with E-state index in [0.717, 1.165) is 6.92 Å². The second kappa shape index (κ2) is 10.8. The molecule has 0 aliphatic heterocycles. The van der Waals surface area contributed by atoms with Gasteiger partial charge >= 0.3 is 13.7 Å². The monoisotopic (exact) mass is 483 g/mol. The van der Waals surface area contributed by atoms with E-state index in [1.807, 2.05) is 0 Å². The summed E-state index contributed by atoms with van der Waals surface area (Å²) in [6.45, 7) is 2.70. The zero-order valence-corrected chi connectivity index (χ0v) is 17.9. The van der Waals surface area contributed by atoms with Gasteiger partial charge in [0.2, 0.25) is 34.8 Å². The average molecular weight is 483 g/mol. The Bertz CT molecular complexity index is 980. The summed E-state index contributed by atoms with van der Waals surface area (Å²) in [5.41, 5.74) is 0. The van der Waals surface area contributed by atoms with E-state index in [0.29, 0.717) is 0 Å². The zero-order valence-electron chi connectivity index (χ0n) is 17.0. The molecule has 0 aliphatic rings. The summed E-state index contributed by atoms with van der Waals surface area (Å²) in [6, 6.07) is 5.56. The van der Waals surface area contributed by atoms with E-state index in [9.17, 15) is 31.3 Å². The Morgan fingerprint density at radius 3 is 2.00 bits per heavy atom. The summed E-state index contributed by atoms with van der Waals surface area (Å²) in [6.07, 6.45) is -0.706. The highest BCUT2D eigenvalue weighted by molar-refractivity contribution is 7.52. The Labute approximate surface area is 180 Å². The molecule has 3 atom stereocenters. The van der Waals surface area contributed by atoms with Crippen LogP contribution in [0.5, 0.6) is 11.5 Å². The van der Waals surface area contributed by atoms with Crippen molar-refractivity contribution in [2.45, 2.75) is 26.0 Å². The fraction of sp³-hybridized carbons (Fsp3) is 0.316. The first-order chi connectivity index (χ1) is 15.0. The van der Waals surface area contributed by atoms with Gasteiger partial charge in [0.15, 0.2) is 0 Å². The van der Waals surface area contributed by atoms with Crippen molar-refractivity contribution in [2.24, 2.45) is 0 Å². The number of carbonyl (C=O) groups is 1. The quantitative estimate of drug-likeness (QED) is 0.175. The molecule has 0 aromatic heterocycles. The van der Waals surface area contributed by atoms with E-state index in [1.165, 1.54) is 38.3 Å². The van der Waals surface area contributed by atoms with Gasteiger partial charge in [0, 0.05) is 7.11 Å². The van der Waals surface area contributed by atoms with Crippen molar-refractivity contribution in [3.8, 4) is 11.5 Å². The van der Waals surface area contributed by atoms with Crippen molar-refractivity contribution < 1.29 is 49.8 Å². The topological polar surface area (TPSA) is 83.1 Å². The standard InChI is InChI=1S/C19H19F5NO6P/c1-10(9-28-3)29-19(26)11(2)25-32(27,30-12-7-5-4-6-8-12)31-18-16(23)14(21)13(20)15(22)17(18)24/h4-8,10-11H,9H2,1-3H3,(H,25,27)/t10?,11-,32?/m0/s1. The minimum Gasteiger partial charge on any atom is -0.459 e. The van der Waals surface area contributed by atoms with Gasteiger partial charge < -0.3 is 18.5 Å². The lowest BCUT2D eigenvalue weighted by Gasteiger charge is -2.24. The van der Waals surface area contributed by atoms with E-state index < -0.39 is 60.7 Å². The minimum absolute atomic E-state index is 0.0394. The number of para-hydroxylation sites is 1. The average Bonchev–Trinajstić information content (AvgIpc) is 2.74. The fourth-order valence-electron chi connectivity index (χ4n) is 2.34. The van der Waals surface area contributed by atoms with Crippen LogP contribution in [0.4, 0.5) is 22.0 Å². The fourth-order valence-corrected chi connectivity index (χ4v) is 3.86. The number of rotatable bonds is 10. The normalized spacial score (nSPS) is 14.9.